The Bertz CT molecular complexity index is 985. The van der Waals surface area contributed by atoms with Crippen molar-refractivity contribution in [1.29, 1.82) is 0 Å². The minimum atomic E-state index is 0. The lowest BCUT2D eigenvalue weighted by Crippen LogP contribution is -3.00. The van der Waals surface area contributed by atoms with Crippen molar-refractivity contribution in [2.75, 3.05) is 34.5 Å². The third-order valence-corrected chi connectivity index (χ3v) is 6.59. The Morgan fingerprint density at radius 3 is 2.70 bits per heavy atom. The molecule has 0 N–H and O–H groups in total. The number of likely N-dealkylation sites (N-methyl/N-ethyl adjacent to an activating group) is 1. The fourth-order valence-corrected chi connectivity index (χ4v) is 5.23. The van der Waals surface area contributed by atoms with Crippen LogP contribution in [0.4, 0.5) is 0 Å². The summed E-state index contributed by atoms with van der Waals surface area (Å²) in [5.74, 6) is 3.46. The number of fused-ring (bicyclic) bond motifs is 2. The molecule has 4 aliphatic rings. The largest absolute Gasteiger partial charge is 1.00 e. The Kier molecular flexibility index (Phi) is 3.44. The van der Waals surface area contributed by atoms with Crippen LogP contribution in [0.1, 0.15) is 28.3 Å². The zero-order valence-corrected chi connectivity index (χ0v) is 16.5. The van der Waals surface area contributed by atoms with Crippen LogP contribution in [0.25, 0.3) is 11.1 Å². The van der Waals surface area contributed by atoms with E-state index < -0.39 is 0 Å². The Hall–Kier alpha value is -2.11. The number of rotatable bonds is 1. The number of benzene rings is 2. The summed E-state index contributed by atoms with van der Waals surface area (Å²) >= 11 is 0. The van der Waals surface area contributed by atoms with Gasteiger partial charge in [0, 0.05) is 35.1 Å². The lowest BCUT2D eigenvalue weighted by molar-refractivity contribution is -0.923. The average Bonchev–Trinajstić information content (AvgIpc) is 3.11. The minimum absolute atomic E-state index is 0. The van der Waals surface area contributed by atoms with Gasteiger partial charge < -0.3 is 35.8 Å². The van der Waals surface area contributed by atoms with E-state index in [9.17, 15) is 0 Å². The fourth-order valence-electron chi connectivity index (χ4n) is 5.23. The Morgan fingerprint density at radius 2 is 1.89 bits per heavy atom. The summed E-state index contributed by atoms with van der Waals surface area (Å²) in [5, 5.41) is 0. The van der Waals surface area contributed by atoms with Gasteiger partial charge in [0.2, 0.25) is 6.79 Å². The van der Waals surface area contributed by atoms with Crippen LogP contribution in [0.5, 0.6) is 23.0 Å². The molecule has 5 nitrogen and oxygen atoms in total. The van der Waals surface area contributed by atoms with Crippen molar-refractivity contribution >= 4 is 0 Å². The first-order chi connectivity index (χ1) is 12.6. The van der Waals surface area contributed by atoms with E-state index in [-0.39, 0.29) is 12.4 Å². The molecule has 0 amide bonds. The van der Waals surface area contributed by atoms with E-state index in [1.807, 2.05) is 0 Å². The molecular weight excluding hydrogens is 366 g/mol. The summed E-state index contributed by atoms with van der Waals surface area (Å²) in [6, 6.07) is 4.82. The van der Waals surface area contributed by atoms with Crippen molar-refractivity contribution in [3.63, 3.8) is 0 Å². The Morgan fingerprint density at radius 1 is 1.04 bits per heavy atom. The van der Waals surface area contributed by atoms with Gasteiger partial charge in [0.05, 0.1) is 27.7 Å². The van der Waals surface area contributed by atoms with Gasteiger partial charge in [-0.3, -0.25) is 0 Å². The Balaban J connectivity index is 0.00000160. The predicted octanol–water partition coefficient (Wildman–Crippen LogP) is 0.217. The van der Waals surface area contributed by atoms with Crippen LogP contribution in [-0.4, -0.2) is 39.0 Å². The van der Waals surface area contributed by atoms with Gasteiger partial charge >= 0.3 is 0 Å². The van der Waals surface area contributed by atoms with Crippen molar-refractivity contribution in [1.82, 2.24) is 0 Å². The molecule has 3 heterocycles. The van der Waals surface area contributed by atoms with E-state index in [0.717, 1.165) is 52.4 Å². The standard InChI is InChI=1S/C21H22NO4.ClH/c1-22(2)5-4-11-7-15(23-3)21-19-17-12(6-14(22)18(11)19)8-16-20(26-10-25-16)13(17)9-24-21;/h7-8,14H,4-6,9-10H2,1-3H3;1H/q+1;/p-1. The van der Waals surface area contributed by atoms with Crippen molar-refractivity contribution in [2.24, 2.45) is 0 Å². The van der Waals surface area contributed by atoms with E-state index in [4.69, 9.17) is 18.9 Å². The highest BCUT2D eigenvalue weighted by atomic mass is 35.5. The van der Waals surface area contributed by atoms with Crippen molar-refractivity contribution in [2.45, 2.75) is 25.5 Å². The summed E-state index contributed by atoms with van der Waals surface area (Å²) in [6.45, 7) is 1.92. The second-order valence-electron chi connectivity index (χ2n) is 8.24. The van der Waals surface area contributed by atoms with Crippen molar-refractivity contribution in [3.05, 3.63) is 34.4 Å². The highest BCUT2D eigenvalue weighted by molar-refractivity contribution is 5.88. The van der Waals surface area contributed by atoms with Crippen LogP contribution in [0.3, 0.4) is 0 Å². The SMILES string of the molecule is COc1cc2c3c4c1OCc1c5c(cc(c1-4)CC3[N+](C)(C)CC2)OCO5.[Cl-]. The molecule has 2 aromatic rings. The quantitative estimate of drug-likeness (QED) is 0.656. The van der Waals surface area contributed by atoms with E-state index in [1.54, 1.807) is 7.11 Å². The van der Waals surface area contributed by atoms with Crippen LogP contribution < -0.4 is 31.4 Å². The van der Waals surface area contributed by atoms with Crippen LogP contribution >= 0.6 is 0 Å². The summed E-state index contributed by atoms with van der Waals surface area (Å²) in [6.07, 6.45) is 2.09. The average molecular weight is 388 g/mol. The topological polar surface area (TPSA) is 36.9 Å². The lowest BCUT2D eigenvalue weighted by Gasteiger charge is -2.47. The highest BCUT2D eigenvalue weighted by Crippen LogP contribution is 2.59. The van der Waals surface area contributed by atoms with E-state index >= 15 is 0 Å². The molecule has 142 valence electrons. The summed E-state index contributed by atoms with van der Waals surface area (Å²) in [5.41, 5.74) is 7.86. The molecule has 0 saturated heterocycles. The monoisotopic (exact) mass is 387 g/mol. The van der Waals surface area contributed by atoms with Gasteiger partial charge in [-0.1, -0.05) is 0 Å². The maximum Gasteiger partial charge on any atom is 0.231 e. The van der Waals surface area contributed by atoms with Gasteiger partial charge in [-0.05, 0) is 23.3 Å². The van der Waals surface area contributed by atoms with Gasteiger partial charge in [-0.2, -0.15) is 0 Å². The molecule has 0 bridgehead atoms. The van der Waals surface area contributed by atoms with Crippen molar-refractivity contribution in [3.8, 4) is 34.1 Å². The van der Waals surface area contributed by atoms with Crippen molar-refractivity contribution < 1.29 is 35.8 Å². The zero-order chi connectivity index (χ0) is 17.6. The van der Waals surface area contributed by atoms with Gasteiger partial charge in [-0.25, -0.2) is 0 Å². The number of ether oxygens (including phenoxy) is 4. The van der Waals surface area contributed by atoms with Gasteiger partial charge in [0.25, 0.3) is 0 Å². The second kappa shape index (κ2) is 5.46. The first-order valence-corrected chi connectivity index (χ1v) is 9.22. The maximum absolute atomic E-state index is 6.24. The van der Waals surface area contributed by atoms with Crippen LogP contribution in [0.15, 0.2) is 12.1 Å². The normalized spacial score (nSPS) is 21.7. The summed E-state index contributed by atoms with van der Waals surface area (Å²) in [4.78, 5) is 0. The van der Waals surface area contributed by atoms with Crippen LogP contribution in [0, 0.1) is 0 Å². The number of nitrogens with zero attached hydrogens (tertiary/aromatic N) is 1. The number of methoxy groups -OCH3 is 1. The van der Waals surface area contributed by atoms with Crippen LogP contribution in [-0.2, 0) is 19.4 Å². The first kappa shape index (κ1) is 17.0. The molecule has 2 aromatic carbocycles. The second-order valence-corrected chi connectivity index (χ2v) is 8.24. The molecule has 1 aliphatic carbocycles. The number of hydrogen-bond donors (Lipinski definition) is 0. The molecule has 1 atom stereocenters. The molecule has 0 aromatic heterocycles. The molecule has 0 saturated carbocycles. The minimum Gasteiger partial charge on any atom is -1.00 e. The maximum atomic E-state index is 6.24. The molecule has 0 fully saturated rings. The predicted molar refractivity (Wildman–Crippen MR) is 96.0 cm³/mol. The lowest BCUT2D eigenvalue weighted by atomic mass is 9.73. The van der Waals surface area contributed by atoms with Gasteiger partial charge in [0.1, 0.15) is 12.6 Å². The third kappa shape index (κ3) is 2.04. The highest BCUT2D eigenvalue weighted by Gasteiger charge is 2.46. The molecule has 27 heavy (non-hydrogen) atoms. The van der Waals surface area contributed by atoms with E-state index in [2.05, 4.69) is 26.2 Å². The molecule has 6 heteroatoms. The van der Waals surface area contributed by atoms with Crippen LogP contribution in [0.2, 0.25) is 0 Å². The number of halogens is 1. The smallest absolute Gasteiger partial charge is 0.231 e. The van der Waals surface area contributed by atoms with Gasteiger partial charge in [-0.15, -0.1) is 0 Å². The summed E-state index contributed by atoms with van der Waals surface area (Å²) in [7, 11) is 6.41. The molecule has 0 radical (unpaired) electrons. The van der Waals surface area contributed by atoms with Gasteiger partial charge in [0.15, 0.2) is 23.0 Å². The Labute approximate surface area is 164 Å². The first-order valence-electron chi connectivity index (χ1n) is 9.22. The number of hydrogen-bond acceptors (Lipinski definition) is 4. The molecule has 0 spiro atoms. The molecule has 3 aliphatic heterocycles. The van der Waals surface area contributed by atoms with E-state index in [0.29, 0.717) is 19.4 Å². The summed E-state index contributed by atoms with van der Waals surface area (Å²) < 4.78 is 24.4. The molecule has 1 unspecified atom stereocenters. The van der Waals surface area contributed by atoms with E-state index in [1.165, 1.54) is 27.8 Å². The number of quaternary nitrogens is 1. The zero-order valence-electron chi connectivity index (χ0n) is 15.7. The molecular formula is C21H22ClNO4. The third-order valence-electron chi connectivity index (χ3n) is 6.59. The molecule has 6 rings (SSSR count). The fraction of sp³-hybridized carbons (Fsp3) is 0.429.